The number of carbonyl (C=O) groups excluding carboxylic acids is 2. The molecular weight excluding hydrogens is 428 g/mol. The topological polar surface area (TPSA) is 78.0 Å². The second-order valence-corrected chi connectivity index (χ2v) is 8.62. The standard InChI is InChI=1S/C21H23ClN2O5S/c1-13(19(25)24(21-23-7-10-30-21)15-5-3-2-4-6-15)29-20(26)14-11-16(22)18-17(12-14)27-8-9-28-18/h7,10-13,15H,2-6,8-9H2,1H3/t13-/m1/s1. The first kappa shape index (κ1) is 20.9. The molecule has 1 amide bonds. The van der Waals surface area contributed by atoms with E-state index in [-0.39, 0.29) is 22.5 Å². The van der Waals surface area contributed by atoms with Crippen molar-refractivity contribution < 1.29 is 23.8 Å². The number of hydrogen-bond donors (Lipinski definition) is 0. The molecule has 2 aliphatic rings. The molecule has 30 heavy (non-hydrogen) atoms. The number of anilines is 1. The van der Waals surface area contributed by atoms with Crippen molar-refractivity contribution in [3.8, 4) is 11.5 Å². The molecule has 4 rings (SSSR count). The molecule has 1 aliphatic heterocycles. The van der Waals surface area contributed by atoms with Gasteiger partial charge >= 0.3 is 5.97 Å². The van der Waals surface area contributed by atoms with Crippen LogP contribution in [-0.2, 0) is 9.53 Å². The van der Waals surface area contributed by atoms with Gasteiger partial charge in [-0.25, -0.2) is 9.78 Å². The van der Waals surface area contributed by atoms with E-state index in [4.69, 9.17) is 25.8 Å². The molecule has 1 fully saturated rings. The number of ether oxygens (including phenoxy) is 3. The van der Waals surface area contributed by atoms with Crippen LogP contribution in [0.15, 0.2) is 23.7 Å². The number of nitrogens with zero attached hydrogens (tertiary/aromatic N) is 2. The Morgan fingerprint density at radius 1 is 1.23 bits per heavy atom. The van der Waals surface area contributed by atoms with E-state index < -0.39 is 12.1 Å². The highest BCUT2D eigenvalue weighted by atomic mass is 35.5. The molecule has 2 heterocycles. The van der Waals surface area contributed by atoms with E-state index in [1.807, 2.05) is 5.38 Å². The molecule has 1 saturated carbocycles. The average molecular weight is 451 g/mol. The van der Waals surface area contributed by atoms with E-state index in [1.165, 1.54) is 29.9 Å². The molecule has 0 saturated heterocycles. The first-order valence-corrected chi connectivity index (χ1v) is 11.3. The third kappa shape index (κ3) is 4.39. The smallest absolute Gasteiger partial charge is 0.339 e. The number of hydrogen-bond acceptors (Lipinski definition) is 7. The molecule has 2 aromatic rings. The van der Waals surface area contributed by atoms with Crippen LogP contribution >= 0.6 is 22.9 Å². The molecule has 9 heteroatoms. The summed E-state index contributed by atoms with van der Waals surface area (Å²) in [7, 11) is 0. The molecule has 0 radical (unpaired) electrons. The lowest BCUT2D eigenvalue weighted by Crippen LogP contribution is -2.47. The second kappa shape index (κ2) is 9.22. The summed E-state index contributed by atoms with van der Waals surface area (Å²) in [5.74, 6) is -0.103. The summed E-state index contributed by atoms with van der Waals surface area (Å²) in [6.07, 6.45) is 5.87. The third-order valence-corrected chi connectivity index (χ3v) is 6.32. The van der Waals surface area contributed by atoms with Gasteiger partial charge in [-0.2, -0.15) is 0 Å². The van der Waals surface area contributed by atoms with Crippen molar-refractivity contribution in [3.05, 3.63) is 34.3 Å². The molecule has 1 atom stereocenters. The summed E-state index contributed by atoms with van der Waals surface area (Å²) in [4.78, 5) is 32.0. The van der Waals surface area contributed by atoms with Gasteiger partial charge in [-0.15, -0.1) is 11.3 Å². The van der Waals surface area contributed by atoms with Crippen molar-refractivity contribution in [2.75, 3.05) is 18.1 Å². The zero-order chi connectivity index (χ0) is 21.1. The van der Waals surface area contributed by atoms with Gasteiger partial charge in [-0.05, 0) is 31.9 Å². The fraction of sp³-hybridized carbons (Fsp3) is 0.476. The van der Waals surface area contributed by atoms with E-state index in [9.17, 15) is 9.59 Å². The SMILES string of the molecule is C[C@@H](OC(=O)c1cc(Cl)c2c(c1)OCCO2)C(=O)N(c1nccs1)C1CCCCC1. The lowest BCUT2D eigenvalue weighted by atomic mass is 9.94. The summed E-state index contributed by atoms with van der Waals surface area (Å²) in [6.45, 7) is 2.36. The number of aromatic nitrogens is 1. The Labute approximate surface area is 183 Å². The summed E-state index contributed by atoms with van der Waals surface area (Å²) >= 11 is 7.62. The lowest BCUT2D eigenvalue weighted by molar-refractivity contribution is -0.127. The summed E-state index contributed by atoms with van der Waals surface area (Å²) in [5, 5.41) is 2.74. The van der Waals surface area contributed by atoms with Gasteiger partial charge in [0.05, 0.1) is 10.6 Å². The maximum absolute atomic E-state index is 13.3. The molecule has 160 valence electrons. The predicted molar refractivity (Wildman–Crippen MR) is 114 cm³/mol. The fourth-order valence-corrected chi connectivity index (χ4v) is 4.79. The minimum Gasteiger partial charge on any atom is -0.486 e. The molecule has 7 nitrogen and oxygen atoms in total. The number of amides is 1. The minimum atomic E-state index is -0.963. The van der Waals surface area contributed by atoms with Crippen LogP contribution in [0.5, 0.6) is 11.5 Å². The largest absolute Gasteiger partial charge is 0.486 e. The minimum absolute atomic E-state index is 0.0716. The number of fused-ring (bicyclic) bond motifs is 1. The van der Waals surface area contributed by atoms with Crippen LogP contribution in [0.2, 0.25) is 5.02 Å². The van der Waals surface area contributed by atoms with Crippen molar-refractivity contribution in [2.45, 2.75) is 51.2 Å². The number of thiazole rings is 1. The molecule has 0 bridgehead atoms. The van der Waals surface area contributed by atoms with Crippen LogP contribution in [0, 0.1) is 0 Å². The van der Waals surface area contributed by atoms with Crippen LogP contribution in [-0.4, -0.2) is 42.2 Å². The molecule has 0 unspecified atom stereocenters. The van der Waals surface area contributed by atoms with Gasteiger partial charge in [0.2, 0.25) is 0 Å². The van der Waals surface area contributed by atoms with Gasteiger partial charge in [0.25, 0.3) is 5.91 Å². The number of halogens is 1. The summed E-state index contributed by atoms with van der Waals surface area (Å²) in [5.41, 5.74) is 0.211. The Hall–Kier alpha value is -2.32. The summed E-state index contributed by atoms with van der Waals surface area (Å²) in [6, 6.07) is 3.07. The zero-order valence-corrected chi connectivity index (χ0v) is 18.2. The highest BCUT2D eigenvalue weighted by molar-refractivity contribution is 7.13. The summed E-state index contributed by atoms with van der Waals surface area (Å²) < 4.78 is 16.5. The zero-order valence-electron chi connectivity index (χ0n) is 16.6. The highest BCUT2D eigenvalue weighted by Crippen LogP contribution is 2.38. The van der Waals surface area contributed by atoms with Crippen molar-refractivity contribution in [1.82, 2.24) is 4.98 Å². The Balaban J connectivity index is 1.50. The predicted octanol–water partition coefficient (Wildman–Crippen LogP) is 4.48. The molecule has 1 aliphatic carbocycles. The van der Waals surface area contributed by atoms with Crippen molar-refractivity contribution in [2.24, 2.45) is 0 Å². The van der Waals surface area contributed by atoms with Crippen LogP contribution in [0.1, 0.15) is 49.4 Å². The van der Waals surface area contributed by atoms with E-state index >= 15 is 0 Å². The number of rotatable bonds is 5. The maximum atomic E-state index is 13.3. The van der Waals surface area contributed by atoms with Crippen LogP contribution in [0.4, 0.5) is 5.13 Å². The second-order valence-electron chi connectivity index (χ2n) is 7.34. The first-order valence-electron chi connectivity index (χ1n) is 10.1. The van der Waals surface area contributed by atoms with Crippen LogP contribution in [0.3, 0.4) is 0 Å². The van der Waals surface area contributed by atoms with E-state index in [2.05, 4.69) is 4.98 Å². The Kier molecular flexibility index (Phi) is 6.43. The Bertz CT molecular complexity index is 914. The lowest BCUT2D eigenvalue weighted by Gasteiger charge is -2.33. The number of benzene rings is 1. The number of esters is 1. The maximum Gasteiger partial charge on any atom is 0.339 e. The van der Waals surface area contributed by atoms with Crippen LogP contribution < -0.4 is 14.4 Å². The third-order valence-electron chi connectivity index (χ3n) is 5.27. The van der Waals surface area contributed by atoms with Gasteiger partial charge in [-0.1, -0.05) is 30.9 Å². The Morgan fingerprint density at radius 2 is 2.00 bits per heavy atom. The van der Waals surface area contributed by atoms with Gasteiger partial charge in [0, 0.05) is 17.6 Å². The molecule has 0 spiro atoms. The molecule has 0 N–H and O–H groups in total. The number of carbonyl (C=O) groups is 2. The highest BCUT2D eigenvalue weighted by Gasteiger charge is 2.33. The van der Waals surface area contributed by atoms with Gasteiger partial charge in [-0.3, -0.25) is 9.69 Å². The molecular formula is C21H23ClN2O5S. The first-order chi connectivity index (χ1) is 14.5. The average Bonchev–Trinajstić information content (AvgIpc) is 3.29. The van der Waals surface area contributed by atoms with Crippen molar-refractivity contribution >= 4 is 39.9 Å². The van der Waals surface area contributed by atoms with Crippen molar-refractivity contribution in [1.29, 1.82) is 0 Å². The normalized spacial score (nSPS) is 17.3. The molecule has 1 aromatic heterocycles. The van der Waals surface area contributed by atoms with E-state index in [0.29, 0.717) is 29.8 Å². The van der Waals surface area contributed by atoms with Crippen LogP contribution in [0.25, 0.3) is 0 Å². The fourth-order valence-electron chi connectivity index (χ4n) is 3.81. The van der Waals surface area contributed by atoms with Gasteiger partial charge in [0.1, 0.15) is 13.2 Å². The Morgan fingerprint density at radius 3 is 2.73 bits per heavy atom. The monoisotopic (exact) mass is 450 g/mol. The van der Waals surface area contributed by atoms with Gasteiger partial charge in [0.15, 0.2) is 22.7 Å². The van der Waals surface area contributed by atoms with Gasteiger partial charge < -0.3 is 14.2 Å². The quantitative estimate of drug-likeness (QED) is 0.625. The van der Waals surface area contributed by atoms with E-state index in [0.717, 1.165) is 25.7 Å². The van der Waals surface area contributed by atoms with Crippen molar-refractivity contribution in [3.63, 3.8) is 0 Å². The van der Waals surface area contributed by atoms with E-state index in [1.54, 1.807) is 18.0 Å². The molecule has 1 aromatic carbocycles.